The van der Waals surface area contributed by atoms with Crippen LogP contribution in [0.5, 0.6) is 11.5 Å². The fourth-order valence-corrected chi connectivity index (χ4v) is 4.68. The molecule has 0 bridgehead atoms. The molecule has 2 N–H and O–H groups in total. The van der Waals surface area contributed by atoms with Gasteiger partial charge in [-0.05, 0) is 62.6 Å². The number of hydrogen-bond acceptors (Lipinski definition) is 6. The number of imide groups is 1. The molecular weight excluding hydrogens is 448 g/mol. The van der Waals surface area contributed by atoms with Crippen molar-refractivity contribution in [2.45, 2.75) is 38.3 Å². The molecule has 0 saturated carbocycles. The average Bonchev–Trinajstić information content (AvgIpc) is 2.87. The Hall–Kier alpha value is -3.59. The standard InChI is InChI=1S/C26H32N4O5/c1-17-6-9-19(10-7-17)28-23(31)16-30-20-5-4-13-27-24(20)25(32)29(26(30)33)14-12-18-8-11-21(34-2)22(15-18)35-3/h6-11,15,20,24,27H,4-5,12-14,16H2,1-3H3,(H,28,31). The van der Waals surface area contributed by atoms with Crippen LogP contribution in [-0.4, -0.2) is 73.6 Å². The molecule has 0 aliphatic carbocycles. The highest BCUT2D eigenvalue weighted by Crippen LogP contribution is 2.29. The topological polar surface area (TPSA) is 100 Å². The quantitative estimate of drug-likeness (QED) is 0.603. The number of nitrogens with zero attached hydrogens (tertiary/aromatic N) is 2. The normalized spacial score (nSPS) is 19.9. The van der Waals surface area contributed by atoms with Crippen LogP contribution in [0.3, 0.4) is 0 Å². The number of rotatable bonds is 8. The van der Waals surface area contributed by atoms with Crippen molar-refractivity contribution < 1.29 is 23.9 Å². The lowest BCUT2D eigenvalue weighted by Crippen LogP contribution is -2.70. The van der Waals surface area contributed by atoms with E-state index in [1.165, 1.54) is 9.80 Å². The zero-order valence-electron chi connectivity index (χ0n) is 20.4. The number of hydrogen-bond donors (Lipinski definition) is 2. The summed E-state index contributed by atoms with van der Waals surface area (Å²) >= 11 is 0. The highest BCUT2D eigenvalue weighted by atomic mass is 16.5. The second kappa shape index (κ2) is 10.8. The molecule has 0 aromatic heterocycles. The number of benzene rings is 2. The molecule has 4 amide bonds. The van der Waals surface area contributed by atoms with Crippen LogP contribution in [0.25, 0.3) is 0 Å². The molecule has 2 fully saturated rings. The summed E-state index contributed by atoms with van der Waals surface area (Å²) in [4.78, 5) is 42.3. The van der Waals surface area contributed by atoms with Crippen molar-refractivity contribution >= 4 is 23.5 Å². The van der Waals surface area contributed by atoms with Gasteiger partial charge in [0.05, 0.1) is 20.3 Å². The Kier molecular flexibility index (Phi) is 7.55. The molecule has 9 heteroatoms. The monoisotopic (exact) mass is 480 g/mol. The maximum atomic E-state index is 13.4. The van der Waals surface area contributed by atoms with E-state index in [9.17, 15) is 14.4 Å². The van der Waals surface area contributed by atoms with Crippen molar-refractivity contribution in [1.82, 2.24) is 15.1 Å². The van der Waals surface area contributed by atoms with Crippen LogP contribution in [-0.2, 0) is 16.0 Å². The molecule has 35 heavy (non-hydrogen) atoms. The van der Waals surface area contributed by atoms with E-state index in [1.54, 1.807) is 20.3 Å². The van der Waals surface area contributed by atoms with Crippen molar-refractivity contribution in [1.29, 1.82) is 0 Å². The second-order valence-corrected chi connectivity index (χ2v) is 8.90. The maximum Gasteiger partial charge on any atom is 0.327 e. The van der Waals surface area contributed by atoms with Crippen LogP contribution < -0.4 is 20.1 Å². The fourth-order valence-electron chi connectivity index (χ4n) is 4.68. The van der Waals surface area contributed by atoms with Gasteiger partial charge in [-0.3, -0.25) is 14.5 Å². The third-order valence-electron chi connectivity index (χ3n) is 6.56. The molecule has 2 atom stereocenters. The van der Waals surface area contributed by atoms with Crippen molar-refractivity contribution in [2.24, 2.45) is 0 Å². The molecule has 2 saturated heterocycles. The smallest absolute Gasteiger partial charge is 0.327 e. The number of anilines is 1. The lowest BCUT2D eigenvalue weighted by atomic mass is 9.93. The van der Waals surface area contributed by atoms with Crippen molar-refractivity contribution in [3.8, 4) is 11.5 Å². The first-order chi connectivity index (χ1) is 16.9. The molecule has 2 unspecified atom stereocenters. The van der Waals surface area contributed by atoms with E-state index in [0.717, 1.165) is 17.5 Å². The number of urea groups is 1. The Bertz CT molecular complexity index is 1090. The third kappa shape index (κ3) is 5.40. The highest BCUT2D eigenvalue weighted by Gasteiger charge is 2.47. The number of nitrogens with one attached hydrogen (secondary N) is 2. The van der Waals surface area contributed by atoms with E-state index in [2.05, 4.69) is 10.6 Å². The molecule has 2 aliphatic rings. The molecule has 0 radical (unpaired) electrons. The van der Waals surface area contributed by atoms with Gasteiger partial charge in [0.2, 0.25) is 11.8 Å². The molecule has 9 nitrogen and oxygen atoms in total. The van der Waals surface area contributed by atoms with Gasteiger partial charge in [0.25, 0.3) is 0 Å². The van der Waals surface area contributed by atoms with Crippen LogP contribution in [0.2, 0.25) is 0 Å². The van der Waals surface area contributed by atoms with E-state index < -0.39 is 12.1 Å². The predicted molar refractivity (Wildman–Crippen MR) is 132 cm³/mol. The number of carbonyl (C=O) groups is 3. The Morgan fingerprint density at radius 1 is 1.09 bits per heavy atom. The summed E-state index contributed by atoms with van der Waals surface area (Å²) in [5, 5.41) is 6.12. The third-order valence-corrected chi connectivity index (χ3v) is 6.56. The molecule has 4 rings (SSSR count). The van der Waals surface area contributed by atoms with Crippen LogP contribution in [0.1, 0.15) is 24.0 Å². The van der Waals surface area contributed by atoms with Crippen LogP contribution in [0.15, 0.2) is 42.5 Å². The summed E-state index contributed by atoms with van der Waals surface area (Å²) in [5.41, 5.74) is 2.67. The number of fused-ring (bicyclic) bond motifs is 1. The molecule has 2 aromatic carbocycles. The summed E-state index contributed by atoms with van der Waals surface area (Å²) in [6.07, 6.45) is 1.97. The van der Waals surface area contributed by atoms with Crippen molar-refractivity contribution in [3.05, 3.63) is 53.6 Å². The van der Waals surface area contributed by atoms with Crippen LogP contribution in [0.4, 0.5) is 10.5 Å². The fraction of sp³-hybridized carbons (Fsp3) is 0.423. The van der Waals surface area contributed by atoms with Crippen LogP contribution in [0, 0.1) is 6.92 Å². The van der Waals surface area contributed by atoms with Gasteiger partial charge < -0.3 is 25.0 Å². The maximum absolute atomic E-state index is 13.4. The van der Waals surface area contributed by atoms with Gasteiger partial charge in [-0.15, -0.1) is 0 Å². The van der Waals surface area contributed by atoms with Gasteiger partial charge in [-0.2, -0.15) is 0 Å². The Morgan fingerprint density at radius 3 is 2.54 bits per heavy atom. The molecular formula is C26H32N4O5. The highest BCUT2D eigenvalue weighted by molar-refractivity contribution is 6.03. The van der Waals surface area contributed by atoms with E-state index in [0.29, 0.717) is 36.6 Å². The zero-order chi connectivity index (χ0) is 24.9. The minimum absolute atomic E-state index is 0.115. The molecule has 2 aromatic rings. The summed E-state index contributed by atoms with van der Waals surface area (Å²) in [7, 11) is 3.13. The molecule has 0 spiro atoms. The number of amides is 4. The summed E-state index contributed by atoms with van der Waals surface area (Å²) in [6.45, 7) is 2.76. The molecule has 186 valence electrons. The largest absolute Gasteiger partial charge is 0.493 e. The first-order valence-electron chi connectivity index (χ1n) is 11.8. The van der Waals surface area contributed by atoms with Crippen LogP contribution >= 0.6 is 0 Å². The predicted octanol–water partition coefficient (Wildman–Crippen LogP) is 2.58. The van der Waals surface area contributed by atoms with Gasteiger partial charge in [0.1, 0.15) is 12.6 Å². The van der Waals surface area contributed by atoms with Gasteiger partial charge in [-0.1, -0.05) is 23.8 Å². The number of methoxy groups -OCH3 is 2. The van der Waals surface area contributed by atoms with Gasteiger partial charge in [-0.25, -0.2) is 4.79 Å². The lowest BCUT2D eigenvalue weighted by molar-refractivity contribution is -0.138. The summed E-state index contributed by atoms with van der Waals surface area (Å²) in [6, 6.07) is 11.7. The molecule has 2 heterocycles. The molecule has 2 aliphatic heterocycles. The van der Waals surface area contributed by atoms with Gasteiger partial charge in [0.15, 0.2) is 11.5 Å². The van der Waals surface area contributed by atoms with Crippen molar-refractivity contribution in [3.63, 3.8) is 0 Å². The zero-order valence-corrected chi connectivity index (χ0v) is 20.4. The van der Waals surface area contributed by atoms with E-state index in [4.69, 9.17) is 9.47 Å². The Morgan fingerprint density at radius 2 is 1.83 bits per heavy atom. The summed E-state index contributed by atoms with van der Waals surface area (Å²) in [5.74, 6) is 0.669. The minimum atomic E-state index is -0.515. The first kappa shape index (κ1) is 24.5. The Labute approximate surface area is 205 Å². The summed E-state index contributed by atoms with van der Waals surface area (Å²) < 4.78 is 10.6. The first-order valence-corrected chi connectivity index (χ1v) is 11.8. The Balaban J connectivity index is 1.48. The average molecular weight is 481 g/mol. The minimum Gasteiger partial charge on any atom is -0.493 e. The van der Waals surface area contributed by atoms with Crippen molar-refractivity contribution in [2.75, 3.05) is 39.2 Å². The SMILES string of the molecule is COc1ccc(CCN2C(=O)C3NCCCC3N(CC(=O)Nc3ccc(C)cc3)C2=O)cc1OC. The number of piperidine rings is 1. The number of carbonyl (C=O) groups excluding carboxylic acids is 3. The lowest BCUT2D eigenvalue weighted by Gasteiger charge is -2.46. The van der Waals surface area contributed by atoms with E-state index >= 15 is 0 Å². The van der Waals surface area contributed by atoms with E-state index in [-0.39, 0.29) is 30.9 Å². The number of aryl methyl sites for hydroxylation is 1. The van der Waals surface area contributed by atoms with Gasteiger partial charge in [0, 0.05) is 12.2 Å². The number of ether oxygens (including phenoxy) is 2. The van der Waals surface area contributed by atoms with Gasteiger partial charge >= 0.3 is 6.03 Å². The second-order valence-electron chi connectivity index (χ2n) is 8.90. The van der Waals surface area contributed by atoms with E-state index in [1.807, 2.05) is 43.3 Å².